The van der Waals surface area contributed by atoms with Crippen LogP contribution in [-0.2, 0) is 10.0 Å². The van der Waals surface area contributed by atoms with E-state index in [1.54, 1.807) is 0 Å². The molecule has 2 rings (SSSR count). The van der Waals surface area contributed by atoms with E-state index in [-0.39, 0.29) is 10.7 Å². The summed E-state index contributed by atoms with van der Waals surface area (Å²) in [6.07, 6.45) is 0. The summed E-state index contributed by atoms with van der Waals surface area (Å²) in [6, 6.07) is 3.95. The van der Waals surface area contributed by atoms with Crippen LogP contribution < -0.4 is 10.5 Å². The lowest BCUT2D eigenvalue weighted by atomic mass is 10.3. The van der Waals surface area contributed by atoms with Crippen molar-refractivity contribution in [2.75, 3.05) is 10.5 Å². The fourth-order valence-electron chi connectivity index (χ4n) is 1.53. The van der Waals surface area contributed by atoms with Gasteiger partial charge in [-0.1, -0.05) is 11.6 Å². The Hall–Kier alpha value is -1.93. The highest BCUT2D eigenvalue weighted by atomic mass is 35.5. The van der Waals surface area contributed by atoms with Crippen molar-refractivity contribution in [3.63, 3.8) is 0 Å². The highest BCUT2D eigenvalue weighted by Gasteiger charge is 2.22. The molecule has 0 spiro atoms. The van der Waals surface area contributed by atoms with Gasteiger partial charge < -0.3 is 5.73 Å². The number of halogens is 4. The van der Waals surface area contributed by atoms with Gasteiger partial charge in [-0.15, -0.1) is 0 Å². The minimum atomic E-state index is -4.45. The predicted octanol–water partition coefficient (Wildman–Crippen LogP) is 3.14. The van der Waals surface area contributed by atoms with E-state index in [0.717, 1.165) is 18.2 Å². The maximum atomic E-state index is 13.6. The molecule has 2 aromatic carbocycles. The van der Waals surface area contributed by atoms with Crippen LogP contribution in [0.1, 0.15) is 0 Å². The topological polar surface area (TPSA) is 72.2 Å². The Bertz CT molecular complexity index is 812. The summed E-state index contributed by atoms with van der Waals surface area (Å²) in [5.41, 5.74) is 4.40. The first kappa shape index (κ1) is 15.5. The van der Waals surface area contributed by atoms with Crippen molar-refractivity contribution in [1.29, 1.82) is 0 Å². The standard InChI is InChI=1S/C12H8ClF3N2O2S/c13-7-2-1-6(14)3-11(7)18-21(19,20)12-5-10(17)8(15)4-9(12)16/h1-5,18H,17H2. The summed E-state index contributed by atoms with van der Waals surface area (Å²) < 4.78 is 65.7. The number of hydrogen-bond donors (Lipinski definition) is 2. The van der Waals surface area contributed by atoms with E-state index in [1.165, 1.54) is 0 Å². The molecule has 9 heteroatoms. The third-order valence-corrected chi connectivity index (χ3v) is 4.22. The fourth-order valence-corrected chi connectivity index (χ4v) is 2.91. The molecule has 0 saturated heterocycles. The van der Waals surface area contributed by atoms with Crippen LogP contribution in [0.15, 0.2) is 35.2 Å². The molecule has 4 nitrogen and oxygen atoms in total. The average Bonchev–Trinajstić information content (AvgIpc) is 2.37. The van der Waals surface area contributed by atoms with Crippen molar-refractivity contribution in [2.24, 2.45) is 0 Å². The van der Waals surface area contributed by atoms with E-state index in [0.29, 0.717) is 12.1 Å². The van der Waals surface area contributed by atoms with Crippen molar-refractivity contribution in [3.8, 4) is 0 Å². The number of anilines is 2. The summed E-state index contributed by atoms with van der Waals surface area (Å²) in [7, 11) is -4.45. The third kappa shape index (κ3) is 3.22. The number of nitrogens with two attached hydrogens (primary N) is 1. The molecule has 0 aromatic heterocycles. The Morgan fingerprint density at radius 3 is 2.38 bits per heavy atom. The van der Waals surface area contributed by atoms with Gasteiger partial charge in [0.25, 0.3) is 10.0 Å². The number of rotatable bonds is 3. The van der Waals surface area contributed by atoms with Gasteiger partial charge in [0.05, 0.1) is 16.4 Å². The molecule has 0 radical (unpaired) electrons. The van der Waals surface area contributed by atoms with E-state index >= 15 is 0 Å². The van der Waals surface area contributed by atoms with E-state index < -0.39 is 38.1 Å². The van der Waals surface area contributed by atoms with E-state index in [4.69, 9.17) is 17.3 Å². The molecule has 0 unspecified atom stereocenters. The predicted molar refractivity (Wildman–Crippen MR) is 73.0 cm³/mol. The molecule has 0 bridgehead atoms. The highest BCUT2D eigenvalue weighted by molar-refractivity contribution is 7.92. The molecule has 0 aliphatic heterocycles. The van der Waals surface area contributed by atoms with Crippen molar-refractivity contribution in [2.45, 2.75) is 4.90 Å². The Morgan fingerprint density at radius 2 is 1.71 bits per heavy atom. The van der Waals surface area contributed by atoms with Crippen LogP contribution in [0.4, 0.5) is 24.5 Å². The second kappa shape index (κ2) is 5.45. The smallest absolute Gasteiger partial charge is 0.264 e. The summed E-state index contributed by atoms with van der Waals surface area (Å²) in [6.45, 7) is 0. The van der Waals surface area contributed by atoms with E-state index in [2.05, 4.69) is 0 Å². The van der Waals surface area contributed by atoms with Crippen molar-refractivity contribution >= 4 is 33.0 Å². The second-order valence-corrected chi connectivity index (χ2v) is 6.09. The van der Waals surface area contributed by atoms with Crippen LogP contribution in [-0.4, -0.2) is 8.42 Å². The van der Waals surface area contributed by atoms with Gasteiger partial charge in [0, 0.05) is 6.07 Å². The molecule has 21 heavy (non-hydrogen) atoms. The molecular formula is C12H8ClF3N2O2S. The Labute approximate surface area is 123 Å². The molecule has 2 aromatic rings. The Balaban J connectivity index is 2.48. The van der Waals surface area contributed by atoms with Gasteiger partial charge in [0.1, 0.15) is 22.3 Å². The van der Waals surface area contributed by atoms with Crippen LogP contribution >= 0.6 is 11.6 Å². The first-order chi connectivity index (χ1) is 9.70. The fraction of sp³-hybridized carbons (Fsp3) is 0. The van der Waals surface area contributed by atoms with Gasteiger partial charge in [-0.3, -0.25) is 4.72 Å². The van der Waals surface area contributed by atoms with Gasteiger partial charge in [-0.05, 0) is 24.3 Å². The summed E-state index contributed by atoms with van der Waals surface area (Å²) in [5, 5.41) is -0.0875. The van der Waals surface area contributed by atoms with Crippen molar-refractivity contribution in [1.82, 2.24) is 0 Å². The van der Waals surface area contributed by atoms with Crippen molar-refractivity contribution < 1.29 is 21.6 Å². The Kier molecular flexibility index (Phi) is 4.02. The zero-order valence-electron chi connectivity index (χ0n) is 10.2. The molecule has 3 N–H and O–H groups in total. The molecule has 0 saturated carbocycles. The number of nitrogen functional groups attached to an aromatic ring is 1. The first-order valence-corrected chi connectivity index (χ1v) is 7.29. The van der Waals surface area contributed by atoms with Crippen LogP contribution in [0, 0.1) is 17.5 Å². The number of sulfonamides is 1. The quantitative estimate of drug-likeness (QED) is 0.846. The van der Waals surface area contributed by atoms with Gasteiger partial charge >= 0.3 is 0 Å². The van der Waals surface area contributed by atoms with E-state index in [9.17, 15) is 21.6 Å². The van der Waals surface area contributed by atoms with E-state index in [1.807, 2.05) is 4.72 Å². The normalized spacial score (nSPS) is 11.4. The highest BCUT2D eigenvalue weighted by Crippen LogP contribution is 2.27. The van der Waals surface area contributed by atoms with Gasteiger partial charge in [-0.25, -0.2) is 21.6 Å². The molecule has 0 aliphatic rings. The lowest BCUT2D eigenvalue weighted by Gasteiger charge is -2.11. The van der Waals surface area contributed by atoms with Gasteiger partial charge in [0.15, 0.2) is 0 Å². The Morgan fingerprint density at radius 1 is 1.05 bits per heavy atom. The molecule has 0 amide bonds. The van der Waals surface area contributed by atoms with Crippen LogP contribution in [0.5, 0.6) is 0 Å². The number of hydrogen-bond acceptors (Lipinski definition) is 3. The largest absolute Gasteiger partial charge is 0.396 e. The monoisotopic (exact) mass is 336 g/mol. The maximum Gasteiger partial charge on any atom is 0.264 e. The third-order valence-electron chi connectivity index (χ3n) is 2.51. The minimum Gasteiger partial charge on any atom is -0.396 e. The van der Waals surface area contributed by atoms with Gasteiger partial charge in [0.2, 0.25) is 0 Å². The molecule has 0 aliphatic carbocycles. The molecular weight excluding hydrogens is 329 g/mol. The van der Waals surface area contributed by atoms with Crippen LogP contribution in [0.2, 0.25) is 5.02 Å². The molecule has 112 valence electrons. The van der Waals surface area contributed by atoms with Crippen molar-refractivity contribution in [3.05, 3.63) is 52.8 Å². The second-order valence-electron chi connectivity index (χ2n) is 4.03. The molecule has 0 heterocycles. The van der Waals surface area contributed by atoms with Crippen LogP contribution in [0.3, 0.4) is 0 Å². The molecule has 0 fully saturated rings. The lowest BCUT2D eigenvalue weighted by Crippen LogP contribution is -2.16. The maximum absolute atomic E-state index is 13.6. The summed E-state index contributed by atoms with van der Waals surface area (Å²) in [4.78, 5) is -0.873. The average molecular weight is 337 g/mol. The molecule has 0 atom stereocenters. The van der Waals surface area contributed by atoms with Crippen LogP contribution in [0.25, 0.3) is 0 Å². The first-order valence-electron chi connectivity index (χ1n) is 5.43. The minimum absolute atomic E-state index is 0.0875. The lowest BCUT2D eigenvalue weighted by molar-refractivity contribution is 0.553. The summed E-state index contributed by atoms with van der Waals surface area (Å²) >= 11 is 5.71. The zero-order chi connectivity index (χ0) is 15.8. The SMILES string of the molecule is Nc1cc(S(=O)(=O)Nc2cc(F)ccc2Cl)c(F)cc1F. The number of nitrogens with one attached hydrogen (secondary N) is 1. The zero-order valence-corrected chi connectivity index (χ0v) is 11.8. The van der Waals surface area contributed by atoms with Gasteiger partial charge in [-0.2, -0.15) is 0 Å². The summed E-state index contributed by atoms with van der Waals surface area (Å²) in [5.74, 6) is -3.16. The number of benzene rings is 2.